The molecule has 27 heavy (non-hydrogen) atoms. The zero-order chi connectivity index (χ0) is 19.7. The third kappa shape index (κ3) is 4.53. The molecule has 7 nitrogen and oxygen atoms in total. The van der Waals surface area contributed by atoms with Gasteiger partial charge < -0.3 is 10.6 Å². The molecular weight excluding hydrogens is 365 g/mol. The maximum atomic E-state index is 12.8. The van der Waals surface area contributed by atoms with Gasteiger partial charge in [-0.15, -0.1) is 0 Å². The largest absolute Gasteiger partial charge is 0.405 e. The van der Waals surface area contributed by atoms with Gasteiger partial charge in [-0.2, -0.15) is 13.2 Å². The Morgan fingerprint density at radius 2 is 1.78 bits per heavy atom. The Balaban J connectivity index is 1.48. The van der Waals surface area contributed by atoms with Crippen LogP contribution in [0.25, 0.3) is 0 Å². The highest BCUT2D eigenvalue weighted by Crippen LogP contribution is 2.34. The van der Waals surface area contributed by atoms with E-state index in [2.05, 4.69) is 5.32 Å². The van der Waals surface area contributed by atoms with Crippen molar-refractivity contribution in [3.8, 4) is 0 Å². The summed E-state index contributed by atoms with van der Waals surface area (Å²) >= 11 is 0. The number of imide groups is 1. The molecule has 2 saturated heterocycles. The van der Waals surface area contributed by atoms with E-state index >= 15 is 0 Å². The Labute approximate surface area is 155 Å². The van der Waals surface area contributed by atoms with Crippen LogP contribution in [-0.4, -0.2) is 65.7 Å². The maximum Gasteiger partial charge on any atom is 0.405 e. The lowest BCUT2D eigenvalue weighted by Gasteiger charge is -2.34. The van der Waals surface area contributed by atoms with Crippen LogP contribution in [0.1, 0.15) is 44.9 Å². The lowest BCUT2D eigenvalue weighted by atomic mass is 9.82. The van der Waals surface area contributed by atoms with Crippen molar-refractivity contribution < 1.29 is 27.6 Å². The fourth-order valence-corrected chi connectivity index (χ4v) is 4.17. The Morgan fingerprint density at radius 3 is 2.37 bits per heavy atom. The van der Waals surface area contributed by atoms with Crippen molar-refractivity contribution in [2.45, 2.75) is 56.7 Å². The van der Waals surface area contributed by atoms with Crippen molar-refractivity contribution in [2.24, 2.45) is 5.92 Å². The Morgan fingerprint density at radius 1 is 1.15 bits per heavy atom. The van der Waals surface area contributed by atoms with Crippen molar-refractivity contribution in [3.05, 3.63) is 0 Å². The number of nitrogens with zero attached hydrogens (tertiary/aromatic N) is 2. The van der Waals surface area contributed by atoms with Crippen LogP contribution in [0, 0.1) is 5.92 Å². The standard InChI is InChI=1S/C17H25F3N4O3/c18-17(19,20)10-21-13(25)12-4-8-23(9-5-12)11-24-14(26)16(22-15(24)27)6-2-1-3-7-16/h12H,1-11H2,(H,21,25)(H,22,27). The van der Waals surface area contributed by atoms with Gasteiger partial charge in [-0.05, 0) is 25.7 Å². The van der Waals surface area contributed by atoms with Gasteiger partial charge in [0.25, 0.3) is 5.91 Å². The van der Waals surface area contributed by atoms with Crippen LogP contribution in [0.15, 0.2) is 0 Å². The summed E-state index contributed by atoms with van der Waals surface area (Å²) in [5, 5.41) is 4.78. The highest BCUT2D eigenvalue weighted by atomic mass is 19.4. The van der Waals surface area contributed by atoms with E-state index in [1.165, 1.54) is 4.90 Å². The summed E-state index contributed by atoms with van der Waals surface area (Å²) in [5.41, 5.74) is -0.759. The second-order valence-electron chi connectivity index (χ2n) is 7.67. The molecule has 0 unspecified atom stereocenters. The number of hydrogen-bond acceptors (Lipinski definition) is 4. The highest BCUT2D eigenvalue weighted by molar-refractivity contribution is 6.07. The fraction of sp³-hybridized carbons (Fsp3) is 0.824. The van der Waals surface area contributed by atoms with Crippen LogP contribution in [0.4, 0.5) is 18.0 Å². The molecule has 152 valence electrons. The van der Waals surface area contributed by atoms with Gasteiger partial charge in [0, 0.05) is 19.0 Å². The van der Waals surface area contributed by atoms with E-state index in [-0.39, 0.29) is 18.6 Å². The van der Waals surface area contributed by atoms with E-state index in [0.29, 0.717) is 38.8 Å². The topological polar surface area (TPSA) is 81.8 Å². The second-order valence-corrected chi connectivity index (χ2v) is 7.67. The lowest BCUT2D eigenvalue weighted by molar-refractivity contribution is -0.142. The Bertz CT molecular complexity index is 597. The summed E-state index contributed by atoms with van der Waals surface area (Å²) in [4.78, 5) is 40.0. The first-order valence-corrected chi connectivity index (χ1v) is 9.41. The summed E-state index contributed by atoms with van der Waals surface area (Å²) in [5.74, 6) is -1.25. The summed E-state index contributed by atoms with van der Waals surface area (Å²) in [7, 11) is 0. The molecule has 0 atom stereocenters. The number of urea groups is 1. The first kappa shape index (κ1) is 19.9. The van der Waals surface area contributed by atoms with Crippen molar-refractivity contribution >= 4 is 17.8 Å². The fourth-order valence-electron chi connectivity index (χ4n) is 4.17. The smallest absolute Gasteiger partial charge is 0.347 e. The summed E-state index contributed by atoms with van der Waals surface area (Å²) in [6.07, 6.45) is 0.600. The van der Waals surface area contributed by atoms with Crippen molar-refractivity contribution in [2.75, 3.05) is 26.3 Å². The quantitative estimate of drug-likeness (QED) is 0.715. The van der Waals surface area contributed by atoms with Gasteiger partial charge in [0.05, 0.1) is 6.67 Å². The lowest BCUT2D eigenvalue weighted by Crippen LogP contribution is -2.50. The van der Waals surface area contributed by atoms with Gasteiger partial charge >= 0.3 is 12.2 Å². The van der Waals surface area contributed by atoms with Gasteiger partial charge in [-0.25, -0.2) is 9.69 Å². The molecule has 0 bridgehead atoms. The van der Waals surface area contributed by atoms with Crippen LogP contribution in [0.5, 0.6) is 0 Å². The number of halogens is 3. The molecule has 2 heterocycles. The number of carbonyl (C=O) groups is 3. The maximum absolute atomic E-state index is 12.8. The molecule has 4 amide bonds. The Kier molecular flexibility index (Phi) is 5.64. The molecule has 2 aliphatic heterocycles. The molecule has 0 aromatic heterocycles. The predicted molar refractivity (Wildman–Crippen MR) is 89.4 cm³/mol. The third-order valence-electron chi connectivity index (χ3n) is 5.72. The molecule has 3 fully saturated rings. The van der Waals surface area contributed by atoms with E-state index < -0.39 is 30.1 Å². The number of alkyl halides is 3. The average Bonchev–Trinajstić information content (AvgIpc) is 2.84. The molecule has 2 N–H and O–H groups in total. The van der Waals surface area contributed by atoms with Crippen LogP contribution < -0.4 is 10.6 Å². The molecule has 3 aliphatic rings. The van der Waals surface area contributed by atoms with Crippen molar-refractivity contribution in [1.29, 1.82) is 0 Å². The summed E-state index contributed by atoms with van der Waals surface area (Å²) in [6, 6.07) is -0.382. The third-order valence-corrected chi connectivity index (χ3v) is 5.72. The van der Waals surface area contributed by atoms with Crippen molar-refractivity contribution in [1.82, 2.24) is 20.4 Å². The number of rotatable bonds is 4. The zero-order valence-corrected chi connectivity index (χ0v) is 15.1. The molecule has 3 rings (SSSR count). The van der Waals surface area contributed by atoms with Crippen LogP contribution >= 0.6 is 0 Å². The zero-order valence-electron chi connectivity index (χ0n) is 15.1. The number of nitrogens with one attached hydrogen (secondary N) is 2. The first-order chi connectivity index (χ1) is 12.7. The number of amides is 4. The normalized spacial score (nSPS) is 24.3. The van der Waals surface area contributed by atoms with Gasteiger partial charge in [0.1, 0.15) is 12.1 Å². The van der Waals surface area contributed by atoms with Gasteiger partial charge in [0.15, 0.2) is 0 Å². The van der Waals surface area contributed by atoms with E-state index in [1.807, 2.05) is 10.2 Å². The van der Waals surface area contributed by atoms with Gasteiger partial charge in [-0.1, -0.05) is 19.3 Å². The second kappa shape index (κ2) is 7.65. The van der Waals surface area contributed by atoms with Crippen molar-refractivity contribution in [3.63, 3.8) is 0 Å². The van der Waals surface area contributed by atoms with Crippen LogP contribution in [0.2, 0.25) is 0 Å². The predicted octanol–water partition coefficient (Wildman–Crippen LogP) is 1.59. The van der Waals surface area contributed by atoms with Gasteiger partial charge in [-0.3, -0.25) is 14.5 Å². The molecule has 10 heteroatoms. The average molecular weight is 390 g/mol. The van der Waals surface area contributed by atoms with E-state index in [9.17, 15) is 27.6 Å². The number of piperidine rings is 1. The van der Waals surface area contributed by atoms with Crippen LogP contribution in [-0.2, 0) is 9.59 Å². The SMILES string of the molecule is O=C(NCC(F)(F)F)C1CCN(CN2C(=O)NC3(CCCCC3)C2=O)CC1. The van der Waals surface area contributed by atoms with E-state index in [4.69, 9.17) is 0 Å². The highest BCUT2D eigenvalue weighted by Gasteiger charge is 2.51. The molecule has 0 radical (unpaired) electrons. The summed E-state index contributed by atoms with van der Waals surface area (Å²) in [6.45, 7) is -0.262. The minimum atomic E-state index is -4.42. The molecule has 0 aromatic rings. The molecule has 1 aliphatic carbocycles. The molecule has 1 saturated carbocycles. The number of carbonyl (C=O) groups excluding carboxylic acids is 3. The summed E-state index contributed by atoms with van der Waals surface area (Å²) < 4.78 is 36.6. The number of hydrogen-bond donors (Lipinski definition) is 2. The Hall–Kier alpha value is -1.84. The molecular formula is C17H25F3N4O3. The van der Waals surface area contributed by atoms with Crippen LogP contribution in [0.3, 0.4) is 0 Å². The monoisotopic (exact) mass is 390 g/mol. The first-order valence-electron chi connectivity index (χ1n) is 9.41. The van der Waals surface area contributed by atoms with E-state index in [1.54, 1.807) is 0 Å². The molecule has 1 spiro atoms. The minimum Gasteiger partial charge on any atom is -0.347 e. The van der Waals surface area contributed by atoms with Gasteiger partial charge in [0.2, 0.25) is 5.91 Å². The van der Waals surface area contributed by atoms with E-state index in [0.717, 1.165) is 19.3 Å². The number of likely N-dealkylation sites (tertiary alicyclic amines) is 1. The minimum absolute atomic E-state index is 0.156. The molecule has 0 aromatic carbocycles.